The number of hydrogen-bond donors (Lipinski definition) is 1. The fourth-order valence-corrected chi connectivity index (χ4v) is 3.76. The molecule has 1 saturated heterocycles. The van der Waals surface area contributed by atoms with Gasteiger partial charge in [0.25, 0.3) is 0 Å². The summed E-state index contributed by atoms with van der Waals surface area (Å²) in [4.78, 5) is 4.66. The van der Waals surface area contributed by atoms with Gasteiger partial charge < -0.3 is 0 Å². The zero-order valence-electron chi connectivity index (χ0n) is 12.8. The Bertz CT molecular complexity index is 769. The molecule has 7 heteroatoms. The molecule has 6 nitrogen and oxygen atoms in total. The molecule has 3 rings (SSSR count). The summed E-state index contributed by atoms with van der Waals surface area (Å²) in [5.41, 5.74) is 3.67. The number of rotatable bonds is 4. The lowest BCUT2D eigenvalue weighted by molar-refractivity contribution is 0.459. The van der Waals surface area contributed by atoms with Crippen LogP contribution in [0.3, 0.4) is 0 Å². The summed E-state index contributed by atoms with van der Waals surface area (Å²) < 4.78 is 24.7. The van der Waals surface area contributed by atoms with E-state index in [4.69, 9.17) is 0 Å². The van der Waals surface area contributed by atoms with Gasteiger partial charge in [0.05, 0.1) is 11.9 Å². The number of H-pyrrole nitrogens is 1. The van der Waals surface area contributed by atoms with E-state index in [9.17, 15) is 8.42 Å². The SMILES string of the molecule is Cc1cc(-c2cccc(CC3CCN(S(C)(=O)=O)C3)n2)n[nH]1. The quantitative estimate of drug-likeness (QED) is 0.928. The van der Waals surface area contributed by atoms with Crippen LogP contribution in [0.4, 0.5) is 0 Å². The number of sulfonamides is 1. The third-order valence-corrected chi connectivity index (χ3v) is 5.26. The average molecular weight is 320 g/mol. The molecule has 0 bridgehead atoms. The van der Waals surface area contributed by atoms with Crippen molar-refractivity contribution in [1.82, 2.24) is 19.5 Å². The van der Waals surface area contributed by atoms with Crippen LogP contribution in [0.25, 0.3) is 11.4 Å². The molecule has 1 fully saturated rings. The first-order chi connectivity index (χ1) is 10.4. The molecule has 0 spiro atoms. The van der Waals surface area contributed by atoms with E-state index >= 15 is 0 Å². The Balaban J connectivity index is 1.72. The summed E-state index contributed by atoms with van der Waals surface area (Å²) in [6.07, 6.45) is 2.96. The number of hydrogen-bond acceptors (Lipinski definition) is 4. The molecular formula is C15H20N4O2S. The molecule has 1 N–H and O–H groups in total. The molecule has 22 heavy (non-hydrogen) atoms. The summed E-state index contributed by atoms with van der Waals surface area (Å²) >= 11 is 0. The highest BCUT2D eigenvalue weighted by Gasteiger charge is 2.28. The third kappa shape index (κ3) is 3.36. The molecule has 1 aliphatic heterocycles. The van der Waals surface area contributed by atoms with Crippen molar-refractivity contribution in [2.75, 3.05) is 19.3 Å². The molecular weight excluding hydrogens is 300 g/mol. The normalized spacial score (nSPS) is 19.6. The topological polar surface area (TPSA) is 79.0 Å². The molecule has 1 unspecified atom stereocenters. The minimum atomic E-state index is -3.08. The second kappa shape index (κ2) is 5.81. The van der Waals surface area contributed by atoms with E-state index in [1.165, 1.54) is 6.26 Å². The molecule has 0 aromatic carbocycles. The molecule has 0 aliphatic carbocycles. The van der Waals surface area contributed by atoms with Crippen LogP contribution in [0.1, 0.15) is 17.8 Å². The van der Waals surface area contributed by atoms with Gasteiger partial charge >= 0.3 is 0 Å². The van der Waals surface area contributed by atoms with Crippen molar-refractivity contribution in [3.63, 3.8) is 0 Å². The van der Waals surface area contributed by atoms with E-state index in [1.807, 2.05) is 31.2 Å². The molecule has 1 atom stereocenters. The van der Waals surface area contributed by atoms with Gasteiger partial charge in [-0.25, -0.2) is 12.7 Å². The van der Waals surface area contributed by atoms with Gasteiger partial charge in [0.2, 0.25) is 10.0 Å². The standard InChI is InChI=1S/C15H20N4O2S/c1-11-8-15(18-17-11)14-5-3-4-13(16-14)9-12-6-7-19(10-12)22(2,20)21/h3-5,8,12H,6-7,9-10H2,1-2H3,(H,17,18). The lowest BCUT2D eigenvalue weighted by Gasteiger charge is -2.13. The fourth-order valence-electron chi connectivity index (χ4n) is 2.85. The highest BCUT2D eigenvalue weighted by molar-refractivity contribution is 7.88. The zero-order chi connectivity index (χ0) is 15.7. The van der Waals surface area contributed by atoms with Gasteiger partial charge in [0.1, 0.15) is 5.69 Å². The third-order valence-electron chi connectivity index (χ3n) is 3.99. The maximum Gasteiger partial charge on any atom is 0.211 e. The lowest BCUT2D eigenvalue weighted by Crippen LogP contribution is -2.27. The molecule has 3 heterocycles. The van der Waals surface area contributed by atoms with Crippen LogP contribution in [-0.4, -0.2) is 47.2 Å². The summed E-state index contributed by atoms with van der Waals surface area (Å²) in [6.45, 7) is 3.16. The van der Waals surface area contributed by atoms with Crippen molar-refractivity contribution < 1.29 is 8.42 Å². The van der Waals surface area contributed by atoms with Crippen LogP contribution in [-0.2, 0) is 16.4 Å². The van der Waals surface area contributed by atoms with Gasteiger partial charge in [0, 0.05) is 24.5 Å². The predicted octanol–water partition coefficient (Wildman–Crippen LogP) is 1.60. The van der Waals surface area contributed by atoms with Crippen molar-refractivity contribution in [2.45, 2.75) is 19.8 Å². The molecule has 1 aliphatic rings. The van der Waals surface area contributed by atoms with Gasteiger partial charge in [-0.2, -0.15) is 5.10 Å². The Kier molecular flexibility index (Phi) is 4.01. The second-order valence-electron chi connectivity index (χ2n) is 5.93. The van der Waals surface area contributed by atoms with Gasteiger partial charge in [0.15, 0.2) is 0 Å². The van der Waals surface area contributed by atoms with Crippen molar-refractivity contribution in [3.8, 4) is 11.4 Å². The highest BCUT2D eigenvalue weighted by atomic mass is 32.2. The van der Waals surface area contributed by atoms with E-state index in [0.717, 1.165) is 35.6 Å². The monoisotopic (exact) mass is 320 g/mol. The second-order valence-corrected chi connectivity index (χ2v) is 7.91. The Morgan fingerprint density at radius 2 is 2.18 bits per heavy atom. The highest BCUT2D eigenvalue weighted by Crippen LogP contribution is 2.23. The van der Waals surface area contributed by atoms with E-state index in [2.05, 4.69) is 15.2 Å². The summed E-state index contributed by atoms with van der Waals surface area (Å²) in [5, 5.41) is 7.15. The van der Waals surface area contributed by atoms with Gasteiger partial charge in [-0.3, -0.25) is 10.1 Å². The van der Waals surface area contributed by atoms with Gasteiger partial charge in [-0.05, 0) is 43.9 Å². The zero-order valence-corrected chi connectivity index (χ0v) is 13.6. The Morgan fingerprint density at radius 3 is 2.82 bits per heavy atom. The minimum Gasteiger partial charge on any atom is -0.282 e. The number of nitrogens with zero attached hydrogens (tertiary/aromatic N) is 3. The Hall–Kier alpha value is -1.73. The molecule has 118 valence electrons. The number of aromatic amines is 1. The first-order valence-corrected chi connectivity index (χ1v) is 9.20. The number of pyridine rings is 1. The summed E-state index contributed by atoms with van der Waals surface area (Å²) in [7, 11) is -3.08. The summed E-state index contributed by atoms with van der Waals surface area (Å²) in [5.74, 6) is 0.332. The fraction of sp³-hybridized carbons (Fsp3) is 0.467. The number of aromatic nitrogens is 3. The van der Waals surface area contributed by atoms with Crippen LogP contribution in [0.5, 0.6) is 0 Å². The molecule has 0 saturated carbocycles. The van der Waals surface area contributed by atoms with Gasteiger partial charge in [-0.15, -0.1) is 0 Å². The smallest absolute Gasteiger partial charge is 0.211 e. The molecule has 2 aromatic heterocycles. The molecule has 0 radical (unpaired) electrons. The van der Waals surface area contributed by atoms with E-state index < -0.39 is 10.0 Å². The van der Waals surface area contributed by atoms with E-state index in [-0.39, 0.29) is 0 Å². The first kappa shape index (κ1) is 15.2. The maximum absolute atomic E-state index is 11.6. The van der Waals surface area contributed by atoms with Crippen LogP contribution >= 0.6 is 0 Å². The predicted molar refractivity (Wildman–Crippen MR) is 84.8 cm³/mol. The average Bonchev–Trinajstić information content (AvgIpc) is 3.08. The number of nitrogens with one attached hydrogen (secondary N) is 1. The van der Waals surface area contributed by atoms with Crippen LogP contribution < -0.4 is 0 Å². The van der Waals surface area contributed by atoms with Crippen molar-refractivity contribution in [3.05, 3.63) is 35.7 Å². The minimum absolute atomic E-state index is 0.332. The lowest BCUT2D eigenvalue weighted by atomic mass is 10.0. The Labute approximate surface area is 130 Å². The summed E-state index contributed by atoms with van der Waals surface area (Å²) in [6, 6.07) is 7.88. The molecule has 0 amide bonds. The molecule has 2 aromatic rings. The van der Waals surface area contributed by atoms with Crippen LogP contribution in [0, 0.1) is 12.8 Å². The van der Waals surface area contributed by atoms with Crippen molar-refractivity contribution >= 4 is 10.0 Å². The van der Waals surface area contributed by atoms with Gasteiger partial charge in [-0.1, -0.05) is 6.07 Å². The van der Waals surface area contributed by atoms with Crippen LogP contribution in [0.15, 0.2) is 24.3 Å². The van der Waals surface area contributed by atoms with Crippen molar-refractivity contribution in [2.24, 2.45) is 5.92 Å². The van der Waals surface area contributed by atoms with Crippen LogP contribution in [0.2, 0.25) is 0 Å². The number of aryl methyl sites for hydroxylation is 1. The largest absolute Gasteiger partial charge is 0.282 e. The van der Waals surface area contributed by atoms with E-state index in [0.29, 0.717) is 19.0 Å². The van der Waals surface area contributed by atoms with E-state index in [1.54, 1.807) is 4.31 Å². The first-order valence-electron chi connectivity index (χ1n) is 7.35. The van der Waals surface area contributed by atoms with Crippen molar-refractivity contribution in [1.29, 1.82) is 0 Å². The Morgan fingerprint density at radius 1 is 1.36 bits per heavy atom. The maximum atomic E-state index is 11.6.